The number of benzene rings is 1. The van der Waals surface area contributed by atoms with Crippen LogP contribution in [0.3, 0.4) is 0 Å². The van der Waals surface area contributed by atoms with Gasteiger partial charge >= 0.3 is 6.03 Å². The molecule has 2 aliphatic rings. The van der Waals surface area contributed by atoms with Gasteiger partial charge in [0, 0.05) is 38.1 Å². The third-order valence-electron chi connectivity index (χ3n) is 4.67. The number of aromatic nitrogens is 1. The van der Waals surface area contributed by atoms with E-state index in [1.807, 2.05) is 9.80 Å². The first kappa shape index (κ1) is 14.8. The maximum Gasteiger partial charge on any atom is 0.320 e. The van der Waals surface area contributed by atoms with Crippen molar-refractivity contribution in [3.8, 4) is 0 Å². The first-order chi connectivity index (χ1) is 11.1. The van der Waals surface area contributed by atoms with Gasteiger partial charge < -0.3 is 14.7 Å². The lowest BCUT2D eigenvalue weighted by atomic mass is 10.1. The number of urea groups is 1. The van der Waals surface area contributed by atoms with E-state index in [9.17, 15) is 4.79 Å². The summed E-state index contributed by atoms with van der Waals surface area (Å²) in [6, 6.07) is 8.89. The molecule has 3 heterocycles. The lowest BCUT2D eigenvalue weighted by Crippen LogP contribution is -2.52. The second-order valence-corrected chi connectivity index (χ2v) is 7.68. The first-order valence-electron chi connectivity index (χ1n) is 8.28. The number of rotatable bonds is 3. The van der Waals surface area contributed by atoms with Crippen LogP contribution in [0.1, 0.15) is 13.8 Å². The Morgan fingerprint density at radius 3 is 2.91 bits per heavy atom. The van der Waals surface area contributed by atoms with E-state index >= 15 is 0 Å². The number of piperazine rings is 1. The second-order valence-electron chi connectivity index (χ2n) is 6.88. The van der Waals surface area contributed by atoms with E-state index in [0.717, 1.165) is 38.5 Å². The minimum absolute atomic E-state index is 0.214. The van der Waals surface area contributed by atoms with Gasteiger partial charge in [0.2, 0.25) is 0 Å². The second kappa shape index (κ2) is 5.67. The van der Waals surface area contributed by atoms with E-state index in [1.165, 1.54) is 10.1 Å². The molecule has 6 heteroatoms. The molecule has 0 radical (unpaired) electrons. The van der Waals surface area contributed by atoms with Gasteiger partial charge in [0.05, 0.1) is 10.7 Å². The number of fused-ring (bicyclic) bond motifs is 2. The summed E-state index contributed by atoms with van der Waals surface area (Å²) in [6.45, 7) is 8.57. The van der Waals surface area contributed by atoms with E-state index in [-0.39, 0.29) is 12.1 Å². The van der Waals surface area contributed by atoms with E-state index < -0.39 is 0 Å². The predicted molar refractivity (Wildman–Crippen MR) is 94.1 cm³/mol. The van der Waals surface area contributed by atoms with Gasteiger partial charge in [-0.3, -0.25) is 0 Å². The Balaban J connectivity index is 1.54. The maximum atomic E-state index is 12.5. The van der Waals surface area contributed by atoms with Crippen molar-refractivity contribution in [3.63, 3.8) is 0 Å². The van der Waals surface area contributed by atoms with Gasteiger partial charge in [-0.25, -0.2) is 4.79 Å². The molecule has 5 nitrogen and oxygen atoms in total. The molecule has 2 fully saturated rings. The summed E-state index contributed by atoms with van der Waals surface area (Å²) in [5.74, 6) is 1.60. The fourth-order valence-electron chi connectivity index (χ4n) is 3.66. The summed E-state index contributed by atoms with van der Waals surface area (Å²) in [6.07, 6.45) is 0. The van der Waals surface area contributed by atoms with Gasteiger partial charge in [0.25, 0.3) is 0 Å². The standard InChI is InChI=1S/C17H22N4OS/c1-12(2)9-20-11-13-10-19(7-8-21(13)17(20)22)16-14-5-3-4-6-15(14)23-18-16/h3-6,12-13H,7-11H2,1-2H3. The van der Waals surface area contributed by atoms with Crippen molar-refractivity contribution in [1.82, 2.24) is 14.2 Å². The molecular formula is C17H22N4OS. The molecule has 2 aromatic rings. The smallest absolute Gasteiger partial charge is 0.320 e. The Hall–Kier alpha value is -1.82. The lowest BCUT2D eigenvalue weighted by molar-refractivity contribution is 0.180. The normalized spacial score (nSPS) is 21.6. The summed E-state index contributed by atoms with van der Waals surface area (Å²) >= 11 is 1.56. The Bertz CT molecular complexity index is 728. The minimum Gasteiger partial charge on any atom is -0.351 e. The number of hydrogen-bond donors (Lipinski definition) is 0. The molecule has 0 saturated carbocycles. The monoisotopic (exact) mass is 330 g/mol. The van der Waals surface area contributed by atoms with Crippen molar-refractivity contribution in [3.05, 3.63) is 24.3 Å². The van der Waals surface area contributed by atoms with Gasteiger partial charge in [-0.1, -0.05) is 26.0 Å². The van der Waals surface area contributed by atoms with Gasteiger partial charge in [-0.2, -0.15) is 4.37 Å². The predicted octanol–water partition coefficient (Wildman–Crippen LogP) is 2.88. The van der Waals surface area contributed by atoms with Crippen LogP contribution < -0.4 is 4.90 Å². The Morgan fingerprint density at radius 2 is 2.09 bits per heavy atom. The van der Waals surface area contributed by atoms with Crippen LogP contribution in [0.25, 0.3) is 10.1 Å². The van der Waals surface area contributed by atoms with Crippen LogP contribution in [0.5, 0.6) is 0 Å². The van der Waals surface area contributed by atoms with E-state index in [0.29, 0.717) is 5.92 Å². The van der Waals surface area contributed by atoms with Gasteiger partial charge in [-0.15, -0.1) is 0 Å². The summed E-state index contributed by atoms with van der Waals surface area (Å²) in [5.41, 5.74) is 0. The van der Waals surface area contributed by atoms with Gasteiger partial charge in [0.15, 0.2) is 0 Å². The van der Waals surface area contributed by atoms with E-state index in [4.69, 9.17) is 0 Å². The van der Waals surface area contributed by atoms with Crippen LogP contribution in [0.4, 0.5) is 10.6 Å². The zero-order chi connectivity index (χ0) is 16.0. The maximum absolute atomic E-state index is 12.5. The number of hydrogen-bond acceptors (Lipinski definition) is 4. The molecule has 1 aromatic carbocycles. The highest BCUT2D eigenvalue weighted by molar-refractivity contribution is 7.13. The molecule has 0 aliphatic carbocycles. The average molecular weight is 330 g/mol. The lowest BCUT2D eigenvalue weighted by Gasteiger charge is -2.36. The third kappa shape index (κ3) is 2.55. The molecule has 2 saturated heterocycles. The molecule has 1 aromatic heterocycles. The molecule has 4 rings (SSSR count). The molecule has 23 heavy (non-hydrogen) atoms. The highest BCUT2D eigenvalue weighted by Gasteiger charge is 2.41. The summed E-state index contributed by atoms with van der Waals surface area (Å²) in [7, 11) is 0. The van der Waals surface area contributed by atoms with Crippen LogP contribution in [-0.2, 0) is 0 Å². The molecule has 2 aliphatic heterocycles. The fraction of sp³-hybridized carbons (Fsp3) is 0.529. The highest BCUT2D eigenvalue weighted by Crippen LogP contribution is 2.32. The molecular weight excluding hydrogens is 308 g/mol. The largest absolute Gasteiger partial charge is 0.351 e. The Labute approximate surface area is 140 Å². The van der Waals surface area contributed by atoms with Crippen LogP contribution in [-0.4, -0.2) is 59.0 Å². The number of carbonyl (C=O) groups excluding carboxylic acids is 1. The molecule has 1 atom stereocenters. The first-order valence-corrected chi connectivity index (χ1v) is 9.05. The average Bonchev–Trinajstić information content (AvgIpc) is 3.09. The summed E-state index contributed by atoms with van der Waals surface area (Å²) < 4.78 is 5.90. The molecule has 1 unspecified atom stereocenters. The quantitative estimate of drug-likeness (QED) is 0.869. The van der Waals surface area contributed by atoms with Crippen LogP contribution in [0, 0.1) is 5.92 Å². The fourth-order valence-corrected chi connectivity index (χ4v) is 4.46. The highest BCUT2D eigenvalue weighted by atomic mass is 32.1. The van der Waals surface area contributed by atoms with Crippen molar-refractivity contribution < 1.29 is 4.79 Å². The Kier molecular flexibility index (Phi) is 3.64. The van der Waals surface area contributed by atoms with Crippen molar-refractivity contribution in [2.24, 2.45) is 5.92 Å². The van der Waals surface area contributed by atoms with Crippen LogP contribution in [0.15, 0.2) is 24.3 Å². The van der Waals surface area contributed by atoms with Gasteiger partial charge in [0.1, 0.15) is 5.82 Å². The molecule has 122 valence electrons. The van der Waals surface area contributed by atoms with Crippen LogP contribution in [0.2, 0.25) is 0 Å². The zero-order valence-electron chi connectivity index (χ0n) is 13.6. The van der Waals surface area contributed by atoms with Crippen molar-refractivity contribution in [2.45, 2.75) is 19.9 Å². The zero-order valence-corrected chi connectivity index (χ0v) is 14.4. The number of amides is 2. The van der Waals surface area contributed by atoms with Crippen molar-refractivity contribution >= 4 is 33.5 Å². The number of anilines is 1. The number of nitrogens with zero attached hydrogens (tertiary/aromatic N) is 4. The van der Waals surface area contributed by atoms with Crippen LogP contribution >= 0.6 is 11.5 Å². The van der Waals surface area contributed by atoms with Crippen molar-refractivity contribution in [1.29, 1.82) is 0 Å². The summed E-state index contributed by atoms with van der Waals surface area (Å²) in [5, 5.41) is 1.23. The number of carbonyl (C=O) groups is 1. The molecule has 0 spiro atoms. The minimum atomic E-state index is 0.214. The SMILES string of the molecule is CC(C)CN1CC2CN(c3nsc4ccccc34)CCN2C1=O. The van der Waals surface area contributed by atoms with E-state index in [2.05, 4.69) is 47.4 Å². The van der Waals surface area contributed by atoms with E-state index in [1.54, 1.807) is 11.5 Å². The third-order valence-corrected chi connectivity index (χ3v) is 5.49. The Morgan fingerprint density at radius 1 is 1.26 bits per heavy atom. The molecule has 0 N–H and O–H groups in total. The topological polar surface area (TPSA) is 39.7 Å². The van der Waals surface area contributed by atoms with Crippen molar-refractivity contribution in [2.75, 3.05) is 37.6 Å². The molecule has 0 bridgehead atoms. The summed E-state index contributed by atoms with van der Waals surface area (Å²) in [4.78, 5) is 18.9. The molecule has 2 amide bonds. The van der Waals surface area contributed by atoms with Gasteiger partial charge in [-0.05, 0) is 29.6 Å².